The van der Waals surface area contributed by atoms with Crippen molar-refractivity contribution in [2.24, 2.45) is 0 Å². The monoisotopic (exact) mass is 446 g/mol. The lowest BCUT2D eigenvalue weighted by Crippen LogP contribution is -1.99. The Morgan fingerprint density at radius 3 is 2.29 bits per heavy atom. The third-order valence-electron chi connectivity index (χ3n) is 4.46. The van der Waals surface area contributed by atoms with Crippen LogP contribution >= 0.6 is 22.6 Å². The summed E-state index contributed by atoms with van der Waals surface area (Å²) in [5, 5.41) is 0. The van der Waals surface area contributed by atoms with Gasteiger partial charge in [0.25, 0.3) is 0 Å². The van der Waals surface area contributed by atoms with E-state index in [0.29, 0.717) is 17.1 Å². The van der Waals surface area contributed by atoms with Crippen molar-refractivity contribution in [3.63, 3.8) is 0 Å². The summed E-state index contributed by atoms with van der Waals surface area (Å²) in [6.07, 6.45) is 9.53. The second-order valence-corrected chi connectivity index (χ2v) is 7.22. The molecule has 0 fully saturated rings. The first-order valence-electron chi connectivity index (χ1n) is 8.74. The number of alkyl halides is 1. The highest BCUT2D eigenvalue weighted by Crippen LogP contribution is 2.41. The molecular weight excluding hydrogens is 419 g/mol. The topological polar surface area (TPSA) is 44.8 Å². The molecule has 1 aromatic carbocycles. The van der Waals surface area contributed by atoms with Crippen molar-refractivity contribution >= 4 is 28.6 Å². The van der Waals surface area contributed by atoms with Gasteiger partial charge in [-0.15, -0.1) is 0 Å². The Morgan fingerprint density at radius 2 is 1.67 bits per heavy atom. The molecule has 0 aliphatic carbocycles. The first-order valence-corrected chi connectivity index (χ1v) is 10.3. The maximum absolute atomic E-state index is 12.1. The number of carbonyl (C=O) groups excluding carboxylic acids is 1. The van der Waals surface area contributed by atoms with E-state index in [1.807, 2.05) is 6.07 Å². The van der Waals surface area contributed by atoms with E-state index in [1.54, 1.807) is 20.3 Å². The minimum Gasteiger partial charge on any atom is -0.497 e. The number of esters is 1. The maximum Gasteiger partial charge on any atom is 0.342 e. The summed E-state index contributed by atoms with van der Waals surface area (Å²) in [6.45, 7) is 0. The molecule has 0 spiro atoms. The van der Waals surface area contributed by atoms with Crippen molar-refractivity contribution in [1.29, 1.82) is 0 Å². The van der Waals surface area contributed by atoms with Gasteiger partial charge in [0.2, 0.25) is 0 Å². The molecule has 134 valence electrons. The van der Waals surface area contributed by atoms with Crippen LogP contribution in [0.5, 0.6) is 11.5 Å². The second kappa shape index (κ2) is 10.1. The maximum atomic E-state index is 12.1. The smallest absolute Gasteiger partial charge is 0.342 e. The third-order valence-corrected chi connectivity index (χ3v) is 5.22. The van der Waals surface area contributed by atoms with Crippen LogP contribution in [0.3, 0.4) is 0 Å². The first-order chi connectivity index (χ1) is 11.7. The van der Waals surface area contributed by atoms with Gasteiger partial charge in [-0.3, -0.25) is 0 Å². The van der Waals surface area contributed by atoms with Crippen molar-refractivity contribution < 1.29 is 19.0 Å². The molecule has 0 amide bonds. The Morgan fingerprint density at radius 1 is 1.00 bits per heavy atom. The molecule has 0 bridgehead atoms. The number of methoxy groups -OCH3 is 2. The molecule has 2 rings (SSSR count). The number of halogens is 1. The molecule has 1 aliphatic heterocycles. The van der Waals surface area contributed by atoms with Crippen LogP contribution in [-0.4, -0.2) is 24.6 Å². The summed E-state index contributed by atoms with van der Waals surface area (Å²) in [5.41, 5.74) is 1.46. The number of ether oxygens (including phenoxy) is 3. The number of cyclic esters (lactones) is 1. The predicted molar refractivity (Wildman–Crippen MR) is 104 cm³/mol. The molecule has 0 saturated carbocycles. The quantitative estimate of drug-likeness (QED) is 0.196. The molecule has 1 aliphatic rings. The molecule has 4 nitrogen and oxygen atoms in total. The summed E-state index contributed by atoms with van der Waals surface area (Å²) < 4.78 is 17.5. The van der Waals surface area contributed by atoms with Crippen LogP contribution in [0.4, 0.5) is 0 Å². The molecule has 0 aromatic heterocycles. The van der Waals surface area contributed by atoms with Gasteiger partial charge in [-0.05, 0) is 29.8 Å². The summed E-state index contributed by atoms with van der Waals surface area (Å²) in [6, 6.07) is 3.63. The fraction of sp³-hybridized carbons (Fsp3) is 0.632. The molecule has 0 saturated heterocycles. The molecule has 5 heteroatoms. The zero-order chi connectivity index (χ0) is 17.4. The Hall–Kier alpha value is -0.980. The van der Waals surface area contributed by atoms with E-state index < -0.39 is 0 Å². The highest BCUT2D eigenvalue weighted by Gasteiger charge is 2.34. The average Bonchev–Trinajstić information content (AvgIpc) is 2.92. The summed E-state index contributed by atoms with van der Waals surface area (Å²) in [5.74, 6) is 0.949. The molecule has 0 N–H and O–H groups in total. The lowest BCUT2D eigenvalue weighted by atomic mass is 9.99. The van der Waals surface area contributed by atoms with E-state index >= 15 is 0 Å². The van der Waals surface area contributed by atoms with Crippen LogP contribution in [0.25, 0.3) is 0 Å². The van der Waals surface area contributed by atoms with Crippen LogP contribution in [0.15, 0.2) is 12.1 Å². The normalized spacial score (nSPS) is 16.0. The van der Waals surface area contributed by atoms with Gasteiger partial charge in [0.05, 0.1) is 14.2 Å². The Balaban J connectivity index is 1.85. The lowest BCUT2D eigenvalue weighted by molar-refractivity contribution is 0.0361. The molecule has 1 heterocycles. The zero-order valence-corrected chi connectivity index (χ0v) is 16.8. The number of hydrogen-bond acceptors (Lipinski definition) is 4. The number of benzene rings is 1. The van der Waals surface area contributed by atoms with E-state index in [2.05, 4.69) is 22.6 Å². The Labute approximate surface area is 158 Å². The van der Waals surface area contributed by atoms with E-state index in [1.165, 1.54) is 43.0 Å². The number of fused-ring (bicyclic) bond motifs is 1. The third kappa shape index (κ3) is 5.01. The van der Waals surface area contributed by atoms with Gasteiger partial charge < -0.3 is 14.2 Å². The highest BCUT2D eigenvalue weighted by atomic mass is 127. The molecule has 24 heavy (non-hydrogen) atoms. The van der Waals surface area contributed by atoms with Crippen molar-refractivity contribution in [1.82, 2.24) is 0 Å². The number of unbranched alkanes of at least 4 members (excludes halogenated alkanes) is 6. The largest absolute Gasteiger partial charge is 0.497 e. The zero-order valence-electron chi connectivity index (χ0n) is 14.6. The molecule has 1 aromatic rings. The summed E-state index contributed by atoms with van der Waals surface area (Å²) in [7, 11) is 3.18. The van der Waals surface area contributed by atoms with Crippen LogP contribution < -0.4 is 9.47 Å². The van der Waals surface area contributed by atoms with Crippen LogP contribution in [0.1, 0.15) is 73.4 Å². The Bertz CT molecular complexity index is 544. The van der Waals surface area contributed by atoms with Gasteiger partial charge in [-0.2, -0.15) is 0 Å². The van der Waals surface area contributed by atoms with Crippen LogP contribution in [-0.2, 0) is 4.74 Å². The van der Waals surface area contributed by atoms with Gasteiger partial charge >= 0.3 is 5.97 Å². The molecular formula is C19H27IO4. The minimum absolute atomic E-state index is 0.171. The summed E-state index contributed by atoms with van der Waals surface area (Å²) in [4.78, 5) is 12.1. The van der Waals surface area contributed by atoms with Crippen molar-refractivity contribution in [3.8, 4) is 11.5 Å². The minimum atomic E-state index is -0.284. The van der Waals surface area contributed by atoms with Gasteiger partial charge in [-0.25, -0.2) is 4.79 Å². The fourth-order valence-corrected chi connectivity index (χ4v) is 3.68. The average molecular weight is 446 g/mol. The van der Waals surface area contributed by atoms with Gasteiger partial charge in [0.1, 0.15) is 23.2 Å². The van der Waals surface area contributed by atoms with Crippen molar-refractivity contribution in [3.05, 3.63) is 23.3 Å². The molecule has 1 atom stereocenters. The number of carbonyl (C=O) groups is 1. The second-order valence-electron chi connectivity index (χ2n) is 6.14. The van der Waals surface area contributed by atoms with E-state index in [4.69, 9.17) is 14.2 Å². The highest BCUT2D eigenvalue weighted by molar-refractivity contribution is 14.1. The number of rotatable bonds is 11. The van der Waals surface area contributed by atoms with Gasteiger partial charge in [-0.1, -0.05) is 54.7 Å². The SMILES string of the molecule is COc1cc(OC)c2c(c1)[C@@H](CCCCCCCCCI)OC2=O. The van der Waals surface area contributed by atoms with E-state index in [0.717, 1.165) is 18.4 Å². The lowest BCUT2D eigenvalue weighted by Gasteiger charge is -2.12. The van der Waals surface area contributed by atoms with Crippen molar-refractivity contribution in [2.45, 2.75) is 57.5 Å². The van der Waals surface area contributed by atoms with Crippen LogP contribution in [0, 0.1) is 0 Å². The van der Waals surface area contributed by atoms with Gasteiger partial charge in [0, 0.05) is 11.6 Å². The molecule has 0 unspecified atom stereocenters. The van der Waals surface area contributed by atoms with E-state index in [9.17, 15) is 4.79 Å². The first kappa shape index (κ1) is 19.3. The standard InChI is InChI=1S/C19H27IO4/c1-22-14-12-15-16(10-8-6-4-3-5-7-9-11-20)24-19(21)18(15)17(13-14)23-2/h12-13,16H,3-11H2,1-2H3/t16-/m1/s1. The van der Waals surface area contributed by atoms with Crippen molar-refractivity contribution in [2.75, 3.05) is 18.6 Å². The fourth-order valence-electron chi connectivity index (χ4n) is 3.14. The predicted octanol–water partition coefficient (Wildman–Crippen LogP) is 5.47. The van der Waals surface area contributed by atoms with Crippen LogP contribution in [0.2, 0.25) is 0 Å². The van der Waals surface area contributed by atoms with Gasteiger partial charge in [0.15, 0.2) is 0 Å². The number of hydrogen-bond donors (Lipinski definition) is 0. The van der Waals surface area contributed by atoms with E-state index in [-0.39, 0.29) is 12.1 Å². The Kier molecular flexibility index (Phi) is 8.15. The molecule has 0 radical (unpaired) electrons. The summed E-state index contributed by atoms with van der Waals surface area (Å²) >= 11 is 2.44.